The normalized spacial score (nSPS) is 10.8. The van der Waals surface area contributed by atoms with Crippen LogP contribution in [0.4, 0.5) is 11.4 Å². The molecule has 0 aliphatic rings. The summed E-state index contributed by atoms with van der Waals surface area (Å²) in [6, 6.07) is 22.1. The summed E-state index contributed by atoms with van der Waals surface area (Å²) >= 11 is 1.18. The van der Waals surface area contributed by atoms with Crippen molar-refractivity contribution in [1.29, 1.82) is 0 Å². The Kier molecular flexibility index (Phi) is 11.5. The molecular weight excluding hydrogens is 626 g/mol. The van der Waals surface area contributed by atoms with Crippen molar-refractivity contribution < 1.29 is 43.6 Å². The molecule has 4 aromatic carbocycles. The molecule has 0 aromatic heterocycles. The number of hydrogen-bond donors (Lipinski definition) is 5. The number of thioether (sulfide) groups is 1. The van der Waals surface area contributed by atoms with Gasteiger partial charge in [-0.15, -0.1) is 11.8 Å². The Morgan fingerprint density at radius 1 is 0.766 bits per heavy atom. The van der Waals surface area contributed by atoms with Crippen molar-refractivity contribution in [2.45, 2.75) is 4.90 Å². The number of methoxy groups -OCH3 is 3. The fourth-order valence-corrected chi connectivity index (χ4v) is 5.01. The summed E-state index contributed by atoms with van der Waals surface area (Å²) in [6.07, 6.45) is 1.46. The van der Waals surface area contributed by atoms with Gasteiger partial charge in [-0.2, -0.15) is 0 Å². The third-order valence-electron chi connectivity index (χ3n) is 6.54. The number of amides is 3. The van der Waals surface area contributed by atoms with Crippen LogP contribution < -0.4 is 30.2 Å². The van der Waals surface area contributed by atoms with Gasteiger partial charge in [0.15, 0.2) is 11.5 Å². The molecule has 12 nitrogen and oxygen atoms in total. The van der Waals surface area contributed by atoms with Crippen molar-refractivity contribution in [3.8, 4) is 23.0 Å². The molecule has 0 aliphatic heterocycles. The van der Waals surface area contributed by atoms with Gasteiger partial charge >= 0.3 is 5.97 Å². The summed E-state index contributed by atoms with van der Waals surface area (Å²) in [4.78, 5) is 51.2. The molecule has 242 valence electrons. The summed E-state index contributed by atoms with van der Waals surface area (Å²) < 4.78 is 16.3. The minimum atomic E-state index is -1.33. The number of phenols is 1. The summed E-state index contributed by atoms with van der Waals surface area (Å²) in [5, 5.41) is 26.9. The molecule has 47 heavy (non-hydrogen) atoms. The predicted octanol–water partition coefficient (Wildman–Crippen LogP) is 5.26. The van der Waals surface area contributed by atoms with Gasteiger partial charge in [0.05, 0.1) is 27.1 Å². The Labute approximate surface area is 274 Å². The number of hydrogen-bond acceptors (Lipinski definition) is 9. The van der Waals surface area contributed by atoms with Crippen LogP contribution in [-0.4, -0.2) is 61.0 Å². The number of ether oxygens (including phenoxy) is 3. The molecule has 0 atom stereocenters. The number of aromatic carboxylic acids is 1. The van der Waals surface area contributed by atoms with E-state index < -0.39 is 29.4 Å². The van der Waals surface area contributed by atoms with Gasteiger partial charge in [-0.1, -0.05) is 24.3 Å². The van der Waals surface area contributed by atoms with E-state index in [9.17, 15) is 29.4 Å². The molecule has 5 N–H and O–H groups in total. The maximum absolute atomic E-state index is 13.6. The Morgan fingerprint density at radius 3 is 2.13 bits per heavy atom. The summed E-state index contributed by atoms with van der Waals surface area (Å²) in [7, 11) is 4.42. The lowest BCUT2D eigenvalue weighted by atomic mass is 10.1. The largest absolute Gasteiger partial charge is 0.507 e. The van der Waals surface area contributed by atoms with Crippen LogP contribution in [0.5, 0.6) is 23.0 Å². The first-order chi connectivity index (χ1) is 22.6. The highest BCUT2D eigenvalue weighted by atomic mass is 32.2. The Hall–Kier alpha value is -5.95. The molecule has 4 aromatic rings. The number of benzene rings is 4. The van der Waals surface area contributed by atoms with Crippen LogP contribution in [0.2, 0.25) is 0 Å². The number of carbonyl (C=O) groups is 4. The first kappa shape index (κ1) is 33.9. The van der Waals surface area contributed by atoms with Gasteiger partial charge < -0.3 is 40.4 Å². The van der Waals surface area contributed by atoms with Gasteiger partial charge in [0, 0.05) is 33.5 Å². The van der Waals surface area contributed by atoms with Crippen LogP contribution in [0.15, 0.2) is 95.5 Å². The zero-order valence-electron chi connectivity index (χ0n) is 25.5. The number of carboxylic acid groups (broad SMARTS) is 1. The fraction of sp³-hybridized carbons (Fsp3) is 0.118. The highest BCUT2D eigenvalue weighted by molar-refractivity contribution is 8.00. The van der Waals surface area contributed by atoms with E-state index in [-0.39, 0.29) is 22.7 Å². The Bertz CT molecular complexity index is 1830. The van der Waals surface area contributed by atoms with Crippen molar-refractivity contribution in [2.75, 3.05) is 37.7 Å². The van der Waals surface area contributed by atoms with Gasteiger partial charge in [-0.05, 0) is 60.7 Å². The molecule has 0 spiro atoms. The molecule has 0 radical (unpaired) electrons. The molecular formula is C34H31N3O9S. The van der Waals surface area contributed by atoms with Crippen LogP contribution in [0.25, 0.3) is 6.08 Å². The summed E-state index contributed by atoms with van der Waals surface area (Å²) in [5.41, 5.74) is 0.962. The highest BCUT2D eigenvalue weighted by Crippen LogP contribution is 2.35. The van der Waals surface area contributed by atoms with Crippen LogP contribution in [0, 0.1) is 0 Å². The van der Waals surface area contributed by atoms with E-state index in [0.29, 0.717) is 39.0 Å². The standard InChI is InChI=1S/C34H31N3O9S/c1-44-28-18-30(46-3)29(45-2)15-21(28)14-26(37-32(40)20-8-5-4-6-9-20)33(41)36-22-10-7-11-24(16-22)47-19-31(39)35-23-12-13-27(38)25(17-23)34(42)43/h4-18,38H,19H2,1-3H3,(H,35,39)(H,36,41)(H,37,40)(H,42,43)/b26-14+. The zero-order valence-corrected chi connectivity index (χ0v) is 26.3. The van der Waals surface area contributed by atoms with Gasteiger partial charge in [-0.3, -0.25) is 14.4 Å². The number of carbonyl (C=O) groups excluding carboxylic acids is 3. The average molecular weight is 658 g/mol. The third-order valence-corrected chi connectivity index (χ3v) is 7.53. The lowest BCUT2D eigenvalue weighted by Gasteiger charge is -2.15. The van der Waals surface area contributed by atoms with Crippen molar-refractivity contribution in [3.05, 3.63) is 107 Å². The number of rotatable bonds is 13. The van der Waals surface area contributed by atoms with Gasteiger partial charge in [0.1, 0.15) is 22.8 Å². The van der Waals surface area contributed by atoms with E-state index in [2.05, 4.69) is 16.0 Å². The van der Waals surface area contributed by atoms with Crippen molar-refractivity contribution in [2.24, 2.45) is 0 Å². The van der Waals surface area contributed by atoms with Crippen LogP contribution in [0.3, 0.4) is 0 Å². The summed E-state index contributed by atoms with van der Waals surface area (Å²) in [5.74, 6) is -2.16. The minimum absolute atomic E-state index is 0.0297. The third kappa shape index (κ3) is 9.05. The molecule has 4 rings (SSSR count). The van der Waals surface area contributed by atoms with E-state index in [1.807, 2.05) is 0 Å². The SMILES string of the molecule is COc1cc(OC)c(OC)cc1/C=C(/NC(=O)c1ccccc1)C(=O)Nc1cccc(SCC(=O)Nc2ccc(O)c(C(=O)O)c2)c1. The second-order valence-corrected chi connectivity index (χ2v) is 10.7. The topological polar surface area (TPSA) is 173 Å². The van der Waals surface area contributed by atoms with Crippen molar-refractivity contribution >= 4 is 52.9 Å². The van der Waals surface area contributed by atoms with Crippen molar-refractivity contribution in [1.82, 2.24) is 5.32 Å². The van der Waals surface area contributed by atoms with Crippen LogP contribution >= 0.6 is 11.8 Å². The smallest absolute Gasteiger partial charge is 0.339 e. The predicted molar refractivity (Wildman–Crippen MR) is 177 cm³/mol. The molecule has 0 fully saturated rings. The second kappa shape index (κ2) is 15.9. The fourth-order valence-electron chi connectivity index (χ4n) is 4.26. The molecule has 3 amide bonds. The quantitative estimate of drug-likeness (QED) is 0.0726. The maximum Gasteiger partial charge on any atom is 0.339 e. The molecule has 0 heterocycles. The Balaban J connectivity index is 1.53. The molecule has 0 bridgehead atoms. The number of anilines is 2. The van der Waals surface area contributed by atoms with E-state index in [4.69, 9.17) is 14.2 Å². The average Bonchev–Trinajstić information content (AvgIpc) is 3.08. The molecule has 0 saturated heterocycles. The van der Waals surface area contributed by atoms with E-state index in [0.717, 1.165) is 6.07 Å². The van der Waals surface area contributed by atoms with Crippen LogP contribution in [-0.2, 0) is 9.59 Å². The van der Waals surface area contributed by atoms with Gasteiger partial charge in [0.25, 0.3) is 11.8 Å². The number of carboxylic acids is 1. The first-order valence-corrected chi connectivity index (χ1v) is 14.9. The van der Waals surface area contributed by atoms with E-state index in [1.165, 1.54) is 51.3 Å². The van der Waals surface area contributed by atoms with Gasteiger partial charge in [0.2, 0.25) is 5.91 Å². The zero-order chi connectivity index (χ0) is 33.9. The van der Waals surface area contributed by atoms with Crippen LogP contribution in [0.1, 0.15) is 26.3 Å². The summed E-state index contributed by atoms with van der Waals surface area (Å²) in [6.45, 7) is 0. The van der Waals surface area contributed by atoms with Gasteiger partial charge in [-0.25, -0.2) is 4.79 Å². The number of nitrogens with one attached hydrogen (secondary N) is 3. The highest BCUT2D eigenvalue weighted by Gasteiger charge is 2.18. The maximum atomic E-state index is 13.6. The monoisotopic (exact) mass is 657 g/mol. The first-order valence-electron chi connectivity index (χ1n) is 13.9. The molecule has 0 aliphatic carbocycles. The lowest BCUT2D eigenvalue weighted by Crippen LogP contribution is -2.30. The Morgan fingerprint density at radius 2 is 1.45 bits per heavy atom. The molecule has 0 saturated carbocycles. The molecule has 0 unspecified atom stereocenters. The second-order valence-electron chi connectivity index (χ2n) is 9.68. The minimum Gasteiger partial charge on any atom is -0.507 e. The lowest BCUT2D eigenvalue weighted by molar-refractivity contribution is -0.114. The molecule has 13 heteroatoms. The van der Waals surface area contributed by atoms with E-state index >= 15 is 0 Å². The number of aromatic hydroxyl groups is 1. The van der Waals surface area contributed by atoms with E-state index in [1.54, 1.807) is 66.7 Å². The van der Waals surface area contributed by atoms with Crippen molar-refractivity contribution in [3.63, 3.8) is 0 Å².